The van der Waals surface area contributed by atoms with E-state index in [2.05, 4.69) is 45.2 Å². The molecule has 0 unspecified atom stereocenters. The van der Waals surface area contributed by atoms with Crippen LogP contribution in [0.1, 0.15) is 40.0 Å². The molecule has 0 bridgehead atoms. The van der Waals surface area contributed by atoms with Crippen LogP contribution in [0.5, 0.6) is 0 Å². The maximum Gasteiger partial charge on any atom is -0.0319 e. The molecule has 0 radical (unpaired) electrons. The van der Waals surface area contributed by atoms with Crippen LogP contribution < -0.4 is 0 Å². The Morgan fingerprint density at radius 1 is 1.27 bits per heavy atom. The molecule has 0 spiro atoms. The van der Waals surface area contributed by atoms with E-state index in [0.717, 1.165) is 23.5 Å². The van der Waals surface area contributed by atoms with Gasteiger partial charge in [0.1, 0.15) is 0 Å². The Bertz CT molecular complexity index is 249. The summed E-state index contributed by atoms with van der Waals surface area (Å²) in [7, 11) is 0. The highest BCUT2D eigenvalue weighted by molar-refractivity contribution is 5.33. The molecule has 0 saturated heterocycles. The molecule has 0 aliphatic heterocycles. The zero-order valence-corrected chi connectivity index (χ0v) is 10.4. The molecule has 0 aromatic heterocycles. The van der Waals surface area contributed by atoms with Gasteiger partial charge in [0.05, 0.1) is 0 Å². The van der Waals surface area contributed by atoms with Crippen molar-refractivity contribution in [3.63, 3.8) is 0 Å². The average molecular weight is 204 g/mol. The van der Waals surface area contributed by atoms with Crippen LogP contribution in [-0.2, 0) is 0 Å². The summed E-state index contributed by atoms with van der Waals surface area (Å²) < 4.78 is 0. The van der Waals surface area contributed by atoms with E-state index in [1.807, 2.05) is 13.0 Å². The van der Waals surface area contributed by atoms with E-state index in [1.165, 1.54) is 12.8 Å². The van der Waals surface area contributed by atoms with Crippen LogP contribution in [0.2, 0.25) is 0 Å². The molecule has 0 aliphatic rings. The second kappa shape index (κ2) is 8.28. The van der Waals surface area contributed by atoms with Gasteiger partial charge in [-0.1, -0.05) is 69.7 Å². The molecule has 0 fully saturated rings. The Morgan fingerprint density at radius 2 is 1.87 bits per heavy atom. The highest BCUT2D eigenvalue weighted by Crippen LogP contribution is 2.13. The van der Waals surface area contributed by atoms with Crippen molar-refractivity contribution in [3.8, 4) is 0 Å². The lowest BCUT2D eigenvalue weighted by atomic mass is 9.99. The van der Waals surface area contributed by atoms with Crippen LogP contribution in [0, 0.1) is 5.92 Å². The van der Waals surface area contributed by atoms with Crippen molar-refractivity contribution in [2.24, 2.45) is 5.92 Å². The average Bonchev–Trinajstić information content (AvgIpc) is 2.24. The van der Waals surface area contributed by atoms with Crippen molar-refractivity contribution >= 4 is 0 Å². The molecular formula is C15H24. The summed E-state index contributed by atoms with van der Waals surface area (Å²) in [4.78, 5) is 0. The molecular weight excluding hydrogens is 180 g/mol. The molecule has 0 heteroatoms. The Hall–Kier alpha value is -1.04. The zero-order valence-electron chi connectivity index (χ0n) is 10.4. The SMILES string of the molecule is C=C/C(C)=C\C(=C)/C=C\CC(CC)CC. The van der Waals surface area contributed by atoms with E-state index in [0.29, 0.717) is 0 Å². The van der Waals surface area contributed by atoms with Crippen molar-refractivity contribution in [1.29, 1.82) is 0 Å². The Morgan fingerprint density at radius 3 is 2.33 bits per heavy atom. The Kier molecular flexibility index (Phi) is 7.71. The highest BCUT2D eigenvalue weighted by atomic mass is 14.0. The van der Waals surface area contributed by atoms with E-state index < -0.39 is 0 Å². The third kappa shape index (κ3) is 6.96. The summed E-state index contributed by atoms with van der Waals surface area (Å²) in [6.45, 7) is 14.2. The van der Waals surface area contributed by atoms with Crippen LogP contribution >= 0.6 is 0 Å². The molecule has 15 heavy (non-hydrogen) atoms. The van der Waals surface area contributed by atoms with E-state index in [9.17, 15) is 0 Å². The van der Waals surface area contributed by atoms with Gasteiger partial charge < -0.3 is 0 Å². The molecule has 0 N–H and O–H groups in total. The first-order valence-electron chi connectivity index (χ1n) is 5.80. The Balaban J connectivity index is 4.07. The molecule has 0 nitrogen and oxygen atoms in total. The highest BCUT2D eigenvalue weighted by Gasteiger charge is 1.98. The van der Waals surface area contributed by atoms with Crippen LogP contribution in [0.25, 0.3) is 0 Å². The van der Waals surface area contributed by atoms with Gasteiger partial charge in [-0.05, 0) is 24.8 Å². The smallest absolute Gasteiger partial charge is 0.0319 e. The fourth-order valence-electron chi connectivity index (χ4n) is 1.43. The van der Waals surface area contributed by atoms with E-state index in [1.54, 1.807) is 0 Å². The standard InChI is InChI=1S/C15H24/c1-6-13(4)12-14(5)10-9-11-15(7-2)8-3/h6,9-10,12,15H,1,5,7-8,11H2,2-4H3/b10-9-,13-12-. The molecule has 0 rings (SSSR count). The lowest BCUT2D eigenvalue weighted by molar-refractivity contribution is 0.500. The van der Waals surface area contributed by atoms with Gasteiger partial charge in [0, 0.05) is 0 Å². The van der Waals surface area contributed by atoms with Gasteiger partial charge in [0.15, 0.2) is 0 Å². The first-order chi connectivity index (χ1) is 7.13. The van der Waals surface area contributed by atoms with E-state index >= 15 is 0 Å². The van der Waals surface area contributed by atoms with Crippen LogP contribution in [-0.4, -0.2) is 0 Å². The van der Waals surface area contributed by atoms with Crippen LogP contribution in [0.3, 0.4) is 0 Å². The number of hydrogen-bond donors (Lipinski definition) is 0. The Labute approximate surface area is 95.1 Å². The van der Waals surface area contributed by atoms with Gasteiger partial charge in [-0.3, -0.25) is 0 Å². The third-order valence-corrected chi connectivity index (χ3v) is 2.69. The number of hydrogen-bond acceptors (Lipinski definition) is 0. The molecule has 0 aromatic rings. The summed E-state index contributed by atoms with van der Waals surface area (Å²) in [5, 5.41) is 0. The largest absolute Gasteiger partial charge is 0.0988 e. The van der Waals surface area contributed by atoms with Crippen molar-refractivity contribution < 1.29 is 0 Å². The lowest BCUT2D eigenvalue weighted by Crippen LogP contribution is -1.93. The van der Waals surface area contributed by atoms with Crippen LogP contribution in [0.4, 0.5) is 0 Å². The fourth-order valence-corrected chi connectivity index (χ4v) is 1.43. The minimum Gasteiger partial charge on any atom is -0.0988 e. The molecule has 0 heterocycles. The summed E-state index contributed by atoms with van der Waals surface area (Å²) in [5.74, 6) is 0.818. The number of allylic oxidation sites excluding steroid dienone is 6. The zero-order chi connectivity index (χ0) is 11.7. The first-order valence-corrected chi connectivity index (χ1v) is 5.80. The first kappa shape index (κ1) is 14.0. The second-order valence-corrected chi connectivity index (χ2v) is 3.99. The minimum atomic E-state index is 0.818. The summed E-state index contributed by atoms with van der Waals surface area (Å²) in [5.41, 5.74) is 2.21. The second-order valence-electron chi connectivity index (χ2n) is 3.99. The summed E-state index contributed by atoms with van der Waals surface area (Å²) in [6.07, 6.45) is 11.9. The van der Waals surface area contributed by atoms with Crippen molar-refractivity contribution in [2.75, 3.05) is 0 Å². The van der Waals surface area contributed by atoms with Crippen LogP contribution in [0.15, 0.2) is 48.6 Å². The molecule has 0 aromatic carbocycles. The molecule has 0 amide bonds. The van der Waals surface area contributed by atoms with Gasteiger partial charge >= 0.3 is 0 Å². The lowest BCUT2D eigenvalue weighted by Gasteiger charge is -2.07. The summed E-state index contributed by atoms with van der Waals surface area (Å²) in [6, 6.07) is 0. The van der Waals surface area contributed by atoms with E-state index in [4.69, 9.17) is 0 Å². The maximum atomic E-state index is 3.98. The topological polar surface area (TPSA) is 0 Å². The quantitative estimate of drug-likeness (QED) is 0.509. The molecule has 0 aliphatic carbocycles. The van der Waals surface area contributed by atoms with Gasteiger partial charge in [0.25, 0.3) is 0 Å². The predicted molar refractivity (Wildman–Crippen MR) is 70.9 cm³/mol. The summed E-state index contributed by atoms with van der Waals surface area (Å²) >= 11 is 0. The minimum absolute atomic E-state index is 0.818. The predicted octanol–water partition coefficient (Wildman–Crippen LogP) is 5.06. The number of rotatable bonds is 7. The monoisotopic (exact) mass is 204 g/mol. The van der Waals surface area contributed by atoms with Crippen molar-refractivity contribution in [1.82, 2.24) is 0 Å². The third-order valence-electron chi connectivity index (χ3n) is 2.69. The van der Waals surface area contributed by atoms with Gasteiger partial charge in [-0.15, -0.1) is 0 Å². The van der Waals surface area contributed by atoms with Crippen molar-refractivity contribution in [2.45, 2.75) is 40.0 Å². The van der Waals surface area contributed by atoms with Gasteiger partial charge in [-0.25, -0.2) is 0 Å². The molecule has 84 valence electrons. The normalized spacial score (nSPS) is 12.4. The molecule has 0 atom stereocenters. The fraction of sp³-hybridized carbons (Fsp3) is 0.467. The van der Waals surface area contributed by atoms with E-state index in [-0.39, 0.29) is 0 Å². The molecule has 0 saturated carbocycles. The van der Waals surface area contributed by atoms with Gasteiger partial charge in [-0.2, -0.15) is 0 Å². The maximum absolute atomic E-state index is 3.98. The van der Waals surface area contributed by atoms with Crippen molar-refractivity contribution in [3.05, 3.63) is 48.6 Å². The van der Waals surface area contributed by atoms with Gasteiger partial charge in [0.2, 0.25) is 0 Å².